The highest BCUT2D eigenvalue weighted by Crippen LogP contribution is 2.57. The van der Waals surface area contributed by atoms with E-state index in [2.05, 4.69) is 32.1 Å². The number of rotatable bonds is 6. The normalized spacial score (nSPS) is 15.1. The number of nitrogens with one attached hydrogen (secondary N) is 1. The van der Waals surface area contributed by atoms with E-state index in [-0.39, 0.29) is 25.3 Å². The molecule has 0 bridgehead atoms. The third-order valence-corrected chi connectivity index (χ3v) is 6.23. The quantitative estimate of drug-likeness (QED) is 0.460. The molecule has 1 aliphatic rings. The average Bonchev–Trinajstić information content (AvgIpc) is 3.29. The molecule has 170 valence electrons. The fourth-order valence-corrected chi connectivity index (χ4v) is 3.91. The van der Waals surface area contributed by atoms with E-state index in [0.29, 0.717) is 11.3 Å². The van der Waals surface area contributed by atoms with Gasteiger partial charge in [-0.3, -0.25) is 4.68 Å². The van der Waals surface area contributed by atoms with Crippen LogP contribution in [0, 0.1) is 12.3 Å². The van der Waals surface area contributed by atoms with Crippen LogP contribution in [0.15, 0.2) is 49.7 Å². The largest absolute Gasteiger partial charge is 0.396 e. The summed E-state index contributed by atoms with van der Waals surface area (Å²) in [7, 11) is 1.86. The van der Waals surface area contributed by atoms with Crippen LogP contribution in [-0.2, 0) is 7.05 Å². The Kier molecular flexibility index (Phi) is 4.77. The first-order valence-electron chi connectivity index (χ1n) is 10.5. The lowest BCUT2D eigenvalue weighted by molar-refractivity contribution is -0.182. The monoisotopic (exact) mass is 453 g/mol. The van der Waals surface area contributed by atoms with Gasteiger partial charge in [-0.1, -0.05) is 6.58 Å². The third kappa shape index (κ3) is 3.75. The summed E-state index contributed by atoms with van der Waals surface area (Å²) in [4.78, 5) is 8.61. The minimum Gasteiger partial charge on any atom is -0.353 e. The lowest BCUT2D eigenvalue weighted by Gasteiger charge is -2.19. The summed E-state index contributed by atoms with van der Waals surface area (Å²) in [6, 6.07) is 3.89. The molecule has 4 heterocycles. The minimum atomic E-state index is -4.22. The zero-order valence-electron chi connectivity index (χ0n) is 18.2. The summed E-state index contributed by atoms with van der Waals surface area (Å²) in [5, 5.41) is 11.4. The van der Waals surface area contributed by atoms with Gasteiger partial charge >= 0.3 is 6.18 Å². The highest BCUT2D eigenvalue weighted by Gasteiger charge is 2.62. The minimum absolute atomic E-state index is 0.134. The SMILES string of the molecule is C=C(c1ccn2ncc(-c3cnn(C)c3)c2c1)c1cnc(NCC2(C(F)(F)F)CC2)nc1C. The number of aromatic nitrogens is 6. The molecule has 10 heteroatoms. The zero-order valence-corrected chi connectivity index (χ0v) is 18.2. The average molecular weight is 453 g/mol. The highest BCUT2D eigenvalue weighted by atomic mass is 19.4. The molecule has 0 radical (unpaired) electrons. The van der Waals surface area contributed by atoms with Crippen molar-refractivity contribution in [3.05, 3.63) is 66.5 Å². The maximum Gasteiger partial charge on any atom is 0.396 e. The highest BCUT2D eigenvalue weighted by molar-refractivity contribution is 5.85. The first-order chi connectivity index (χ1) is 15.7. The second kappa shape index (κ2) is 7.43. The van der Waals surface area contributed by atoms with Crippen LogP contribution in [0.1, 0.15) is 29.7 Å². The third-order valence-electron chi connectivity index (χ3n) is 6.23. The van der Waals surface area contributed by atoms with E-state index in [1.807, 2.05) is 31.6 Å². The number of halogens is 3. The molecule has 0 atom stereocenters. The Balaban J connectivity index is 1.39. The summed E-state index contributed by atoms with van der Waals surface area (Å²) >= 11 is 0. The van der Waals surface area contributed by atoms with Crippen LogP contribution in [0.25, 0.3) is 22.2 Å². The van der Waals surface area contributed by atoms with E-state index in [1.165, 1.54) is 0 Å². The van der Waals surface area contributed by atoms with Crippen LogP contribution in [0.2, 0.25) is 0 Å². The second-order valence-electron chi connectivity index (χ2n) is 8.51. The standard InChI is InChI=1S/C23H22F3N7/c1-14(16-4-7-33-20(8-16)19(11-30-33)17-9-29-32(3)12-17)18-10-27-21(31-15(18)2)28-13-22(5-6-22)23(24,25)26/h4,7-12H,1,5-6,13H2,2-3H3,(H,27,28,31). The van der Waals surface area contributed by atoms with Crippen LogP contribution < -0.4 is 5.32 Å². The zero-order chi connectivity index (χ0) is 23.4. The summed E-state index contributed by atoms with van der Waals surface area (Å²) in [5.41, 5.74) is 4.10. The Labute approximate surface area is 188 Å². The van der Waals surface area contributed by atoms with E-state index < -0.39 is 11.6 Å². The van der Waals surface area contributed by atoms with Crippen LogP contribution >= 0.6 is 0 Å². The van der Waals surface area contributed by atoms with E-state index in [1.54, 1.807) is 34.7 Å². The van der Waals surface area contributed by atoms with Crippen molar-refractivity contribution in [1.29, 1.82) is 0 Å². The van der Waals surface area contributed by atoms with Gasteiger partial charge in [-0.2, -0.15) is 23.4 Å². The number of nitrogens with zero attached hydrogens (tertiary/aromatic N) is 6. The van der Waals surface area contributed by atoms with Crippen molar-refractivity contribution < 1.29 is 13.2 Å². The number of alkyl halides is 3. The van der Waals surface area contributed by atoms with E-state index in [0.717, 1.165) is 27.8 Å². The molecule has 1 N–H and O–H groups in total. The first-order valence-corrected chi connectivity index (χ1v) is 10.5. The second-order valence-corrected chi connectivity index (χ2v) is 8.51. The molecule has 0 aromatic carbocycles. The van der Waals surface area contributed by atoms with E-state index in [9.17, 15) is 13.2 Å². The lowest BCUT2D eigenvalue weighted by atomic mass is 9.99. The number of fused-ring (bicyclic) bond motifs is 1. The summed E-state index contributed by atoms with van der Waals surface area (Å²) in [6.45, 7) is 5.79. The molecular formula is C23H22F3N7. The lowest BCUT2D eigenvalue weighted by Crippen LogP contribution is -2.31. The predicted molar refractivity (Wildman–Crippen MR) is 119 cm³/mol. The van der Waals surface area contributed by atoms with Crippen LogP contribution in [0.4, 0.5) is 19.1 Å². The molecule has 4 aromatic heterocycles. The molecule has 0 saturated heterocycles. The summed E-state index contributed by atoms with van der Waals surface area (Å²) in [6.07, 6.45) is 5.01. The van der Waals surface area contributed by atoms with Gasteiger partial charge in [0.05, 0.1) is 29.0 Å². The van der Waals surface area contributed by atoms with Gasteiger partial charge in [0.1, 0.15) is 0 Å². The van der Waals surface area contributed by atoms with Crippen molar-refractivity contribution in [2.45, 2.75) is 25.9 Å². The van der Waals surface area contributed by atoms with Gasteiger partial charge in [0.25, 0.3) is 0 Å². The molecule has 33 heavy (non-hydrogen) atoms. The van der Waals surface area contributed by atoms with Crippen LogP contribution in [-0.4, -0.2) is 42.1 Å². The molecule has 1 aliphatic carbocycles. The Hall–Kier alpha value is -3.69. The topological polar surface area (TPSA) is 72.9 Å². The molecule has 0 spiro atoms. The number of pyridine rings is 1. The van der Waals surface area contributed by atoms with E-state index >= 15 is 0 Å². The van der Waals surface area contributed by atoms with Gasteiger partial charge in [0, 0.05) is 48.9 Å². The van der Waals surface area contributed by atoms with Crippen molar-refractivity contribution in [1.82, 2.24) is 29.4 Å². The van der Waals surface area contributed by atoms with Crippen molar-refractivity contribution in [2.24, 2.45) is 12.5 Å². The van der Waals surface area contributed by atoms with Crippen molar-refractivity contribution in [3.8, 4) is 11.1 Å². The Bertz CT molecular complexity index is 1360. The van der Waals surface area contributed by atoms with Gasteiger partial charge in [-0.05, 0) is 43.0 Å². The number of aryl methyl sites for hydroxylation is 2. The van der Waals surface area contributed by atoms with Gasteiger partial charge < -0.3 is 5.32 Å². The Morgan fingerprint density at radius 2 is 2.00 bits per heavy atom. The molecule has 4 aromatic rings. The molecule has 5 rings (SSSR count). The number of anilines is 1. The van der Waals surface area contributed by atoms with Crippen LogP contribution in [0.3, 0.4) is 0 Å². The maximum atomic E-state index is 13.2. The molecule has 0 amide bonds. The number of hydrogen-bond acceptors (Lipinski definition) is 5. The molecule has 1 saturated carbocycles. The molecular weight excluding hydrogens is 431 g/mol. The smallest absolute Gasteiger partial charge is 0.353 e. The van der Waals surface area contributed by atoms with Crippen molar-refractivity contribution in [2.75, 3.05) is 11.9 Å². The molecule has 0 aliphatic heterocycles. The summed E-state index contributed by atoms with van der Waals surface area (Å²) < 4.78 is 43.0. The van der Waals surface area contributed by atoms with Gasteiger partial charge in [0.2, 0.25) is 5.95 Å². The summed E-state index contributed by atoms with van der Waals surface area (Å²) in [5.74, 6) is 0.185. The molecule has 7 nitrogen and oxygen atoms in total. The molecule has 1 fully saturated rings. The van der Waals surface area contributed by atoms with Gasteiger partial charge in [-0.15, -0.1) is 0 Å². The van der Waals surface area contributed by atoms with Gasteiger partial charge in [-0.25, -0.2) is 14.5 Å². The fraction of sp³-hybridized carbons (Fsp3) is 0.304. The van der Waals surface area contributed by atoms with Crippen LogP contribution in [0.5, 0.6) is 0 Å². The molecule has 0 unspecified atom stereocenters. The van der Waals surface area contributed by atoms with Crippen molar-refractivity contribution in [3.63, 3.8) is 0 Å². The van der Waals surface area contributed by atoms with E-state index in [4.69, 9.17) is 0 Å². The maximum absolute atomic E-state index is 13.2. The Morgan fingerprint density at radius 1 is 1.21 bits per heavy atom. The fourth-order valence-electron chi connectivity index (χ4n) is 3.91. The predicted octanol–water partition coefficient (Wildman–Crippen LogP) is 4.65. The first kappa shape index (κ1) is 21.2. The van der Waals surface area contributed by atoms with Gasteiger partial charge in [0.15, 0.2) is 0 Å². The number of hydrogen-bond donors (Lipinski definition) is 1. The van der Waals surface area contributed by atoms with Crippen molar-refractivity contribution >= 4 is 17.0 Å². The Morgan fingerprint density at radius 3 is 2.64 bits per heavy atom.